The molecule has 1 aromatic heterocycles. The number of hydrogen-bond acceptors (Lipinski definition) is 4. The van der Waals surface area contributed by atoms with Gasteiger partial charge >= 0.3 is 0 Å². The zero-order valence-corrected chi connectivity index (χ0v) is 17.0. The first-order valence-corrected chi connectivity index (χ1v) is 10.3. The van der Waals surface area contributed by atoms with Gasteiger partial charge in [-0.1, -0.05) is 12.1 Å². The van der Waals surface area contributed by atoms with E-state index in [-0.39, 0.29) is 0 Å². The molecule has 5 nitrogen and oxygen atoms in total. The summed E-state index contributed by atoms with van der Waals surface area (Å²) in [4.78, 5) is 12.7. The number of rotatable bonds is 5. The van der Waals surface area contributed by atoms with Crippen LogP contribution in [0.15, 0.2) is 39.2 Å². The van der Waals surface area contributed by atoms with Gasteiger partial charge in [0.15, 0.2) is 5.96 Å². The second-order valence-electron chi connectivity index (χ2n) is 6.08. The van der Waals surface area contributed by atoms with Gasteiger partial charge in [-0.15, -0.1) is 11.3 Å². The van der Waals surface area contributed by atoms with E-state index in [1.807, 2.05) is 12.4 Å². The van der Waals surface area contributed by atoms with Crippen molar-refractivity contribution >= 4 is 38.9 Å². The SMILES string of the molecule is CCNC(=NCc1scnc1C)NC1CCN(c2ccccc2Br)C1. The van der Waals surface area contributed by atoms with E-state index in [2.05, 4.69) is 67.6 Å². The van der Waals surface area contributed by atoms with Crippen LogP contribution in [0.3, 0.4) is 0 Å². The monoisotopic (exact) mass is 421 g/mol. The highest BCUT2D eigenvalue weighted by Crippen LogP contribution is 2.28. The molecule has 1 aliphatic rings. The van der Waals surface area contributed by atoms with Crippen molar-refractivity contribution in [3.8, 4) is 0 Å². The molecule has 0 spiro atoms. The van der Waals surface area contributed by atoms with E-state index in [1.165, 1.54) is 10.6 Å². The predicted octanol–water partition coefficient (Wildman–Crippen LogP) is 3.55. The summed E-state index contributed by atoms with van der Waals surface area (Å²) in [6, 6.07) is 8.80. The van der Waals surface area contributed by atoms with Crippen LogP contribution in [0, 0.1) is 6.92 Å². The Hall–Kier alpha value is -1.60. The number of anilines is 1. The van der Waals surface area contributed by atoms with Crippen molar-refractivity contribution in [3.05, 3.63) is 44.8 Å². The van der Waals surface area contributed by atoms with Crippen LogP contribution in [-0.2, 0) is 6.54 Å². The fourth-order valence-electron chi connectivity index (χ4n) is 2.95. The Morgan fingerprint density at radius 2 is 2.28 bits per heavy atom. The summed E-state index contributed by atoms with van der Waals surface area (Å²) in [5, 5.41) is 6.94. The number of guanidine groups is 1. The lowest BCUT2D eigenvalue weighted by Crippen LogP contribution is -2.44. The molecule has 3 rings (SSSR count). The maximum absolute atomic E-state index is 4.73. The van der Waals surface area contributed by atoms with Crippen molar-refractivity contribution in [2.24, 2.45) is 4.99 Å². The minimum Gasteiger partial charge on any atom is -0.368 e. The third-order valence-corrected chi connectivity index (χ3v) is 5.88. The molecule has 0 amide bonds. The number of benzene rings is 1. The number of para-hydroxylation sites is 1. The number of nitrogens with zero attached hydrogens (tertiary/aromatic N) is 3. The van der Waals surface area contributed by atoms with Crippen molar-refractivity contribution in [2.45, 2.75) is 32.9 Å². The molecule has 1 aliphatic heterocycles. The molecule has 25 heavy (non-hydrogen) atoms. The van der Waals surface area contributed by atoms with Crippen LogP contribution in [0.4, 0.5) is 5.69 Å². The Bertz CT molecular complexity index is 730. The number of nitrogens with one attached hydrogen (secondary N) is 2. The second kappa shape index (κ2) is 8.67. The number of thiazole rings is 1. The van der Waals surface area contributed by atoms with Crippen molar-refractivity contribution in [1.82, 2.24) is 15.6 Å². The van der Waals surface area contributed by atoms with E-state index in [0.717, 1.165) is 42.2 Å². The topological polar surface area (TPSA) is 52.6 Å². The third-order valence-electron chi connectivity index (χ3n) is 4.29. The fourth-order valence-corrected chi connectivity index (χ4v) is 4.18. The van der Waals surface area contributed by atoms with Gasteiger partial charge in [-0.05, 0) is 48.3 Å². The molecule has 134 valence electrons. The third kappa shape index (κ3) is 4.73. The summed E-state index contributed by atoms with van der Waals surface area (Å²) in [5.74, 6) is 0.884. The zero-order chi connectivity index (χ0) is 17.6. The summed E-state index contributed by atoms with van der Waals surface area (Å²) >= 11 is 5.32. The number of hydrogen-bond donors (Lipinski definition) is 2. The number of aliphatic imine (C=N–C) groups is 1. The first-order valence-electron chi connectivity index (χ1n) is 8.60. The van der Waals surface area contributed by atoms with Crippen LogP contribution >= 0.6 is 27.3 Å². The standard InChI is InChI=1S/C18H24BrN5S/c1-3-20-18(21-10-17-13(2)22-12-25-17)23-14-8-9-24(11-14)16-7-5-4-6-15(16)19/h4-7,12,14H,3,8-11H2,1-2H3,(H2,20,21,23). The first kappa shape index (κ1) is 18.2. The van der Waals surface area contributed by atoms with E-state index < -0.39 is 0 Å². The molecule has 1 fully saturated rings. The van der Waals surface area contributed by atoms with Gasteiger partial charge in [-0.25, -0.2) is 9.98 Å². The van der Waals surface area contributed by atoms with Gasteiger partial charge in [0, 0.05) is 35.0 Å². The number of aryl methyl sites for hydroxylation is 1. The molecule has 1 aromatic carbocycles. The van der Waals surface area contributed by atoms with Crippen molar-refractivity contribution < 1.29 is 0 Å². The van der Waals surface area contributed by atoms with Crippen molar-refractivity contribution in [3.63, 3.8) is 0 Å². The highest BCUT2D eigenvalue weighted by atomic mass is 79.9. The molecule has 2 N–H and O–H groups in total. The second-order valence-corrected chi connectivity index (χ2v) is 7.88. The highest BCUT2D eigenvalue weighted by Gasteiger charge is 2.24. The number of halogens is 1. The van der Waals surface area contributed by atoms with Crippen LogP contribution < -0.4 is 15.5 Å². The molecule has 0 radical (unpaired) electrons. The number of aromatic nitrogens is 1. The summed E-state index contributed by atoms with van der Waals surface area (Å²) < 4.78 is 1.15. The van der Waals surface area contributed by atoms with Gasteiger partial charge in [0.25, 0.3) is 0 Å². The smallest absolute Gasteiger partial charge is 0.191 e. The van der Waals surface area contributed by atoms with E-state index in [4.69, 9.17) is 4.99 Å². The van der Waals surface area contributed by atoms with Gasteiger partial charge in [0.1, 0.15) is 0 Å². The summed E-state index contributed by atoms with van der Waals surface area (Å²) in [6.07, 6.45) is 1.10. The van der Waals surface area contributed by atoms with Gasteiger partial charge in [0.2, 0.25) is 0 Å². The fraction of sp³-hybridized carbons (Fsp3) is 0.444. The first-order chi connectivity index (χ1) is 12.2. The summed E-state index contributed by atoms with van der Waals surface area (Å²) in [7, 11) is 0. The van der Waals surface area contributed by atoms with E-state index in [1.54, 1.807) is 11.3 Å². The Balaban J connectivity index is 1.61. The lowest BCUT2D eigenvalue weighted by atomic mass is 10.3. The predicted molar refractivity (Wildman–Crippen MR) is 110 cm³/mol. The quantitative estimate of drug-likeness (QED) is 0.572. The lowest BCUT2D eigenvalue weighted by molar-refractivity contribution is 0.649. The molecular formula is C18H24BrN5S. The molecule has 0 bridgehead atoms. The Morgan fingerprint density at radius 1 is 1.44 bits per heavy atom. The van der Waals surface area contributed by atoms with Crippen LogP contribution in [-0.4, -0.2) is 36.6 Å². The zero-order valence-electron chi connectivity index (χ0n) is 14.6. The van der Waals surface area contributed by atoms with Gasteiger partial charge in [0.05, 0.1) is 23.4 Å². The van der Waals surface area contributed by atoms with Crippen LogP contribution in [0.1, 0.15) is 23.9 Å². The Kier molecular flexibility index (Phi) is 6.31. The molecule has 1 saturated heterocycles. The molecule has 1 unspecified atom stereocenters. The van der Waals surface area contributed by atoms with Gasteiger partial charge < -0.3 is 15.5 Å². The van der Waals surface area contributed by atoms with E-state index >= 15 is 0 Å². The minimum absolute atomic E-state index is 0.396. The molecular weight excluding hydrogens is 398 g/mol. The highest BCUT2D eigenvalue weighted by molar-refractivity contribution is 9.10. The molecule has 7 heteroatoms. The van der Waals surface area contributed by atoms with Crippen LogP contribution in [0.2, 0.25) is 0 Å². The molecule has 1 atom stereocenters. The van der Waals surface area contributed by atoms with Crippen LogP contribution in [0.25, 0.3) is 0 Å². The van der Waals surface area contributed by atoms with E-state index in [9.17, 15) is 0 Å². The summed E-state index contributed by atoms with van der Waals surface area (Å²) in [6.45, 7) is 7.69. The van der Waals surface area contributed by atoms with Crippen molar-refractivity contribution in [1.29, 1.82) is 0 Å². The average molecular weight is 422 g/mol. The van der Waals surface area contributed by atoms with E-state index in [0.29, 0.717) is 12.6 Å². The van der Waals surface area contributed by atoms with Gasteiger partial charge in [-0.3, -0.25) is 0 Å². The Morgan fingerprint density at radius 3 is 3.00 bits per heavy atom. The molecule has 0 saturated carbocycles. The molecule has 2 heterocycles. The summed E-state index contributed by atoms with van der Waals surface area (Å²) in [5.41, 5.74) is 4.22. The van der Waals surface area contributed by atoms with Crippen molar-refractivity contribution in [2.75, 3.05) is 24.5 Å². The normalized spacial score (nSPS) is 17.8. The Labute approximate surface area is 161 Å². The largest absolute Gasteiger partial charge is 0.368 e. The maximum Gasteiger partial charge on any atom is 0.191 e. The molecule has 0 aliphatic carbocycles. The lowest BCUT2D eigenvalue weighted by Gasteiger charge is -2.21. The van der Waals surface area contributed by atoms with Gasteiger partial charge in [-0.2, -0.15) is 0 Å². The van der Waals surface area contributed by atoms with Crippen LogP contribution in [0.5, 0.6) is 0 Å². The average Bonchev–Trinajstić information content (AvgIpc) is 3.22. The maximum atomic E-state index is 4.73. The molecule has 2 aromatic rings. The minimum atomic E-state index is 0.396.